The first-order chi connectivity index (χ1) is 22.4. The van der Waals surface area contributed by atoms with Crippen LogP contribution in [0.25, 0.3) is 10.9 Å². The van der Waals surface area contributed by atoms with Crippen LogP contribution in [0.5, 0.6) is 0 Å². The minimum Gasteiger partial charge on any atom is -0.455 e. The van der Waals surface area contributed by atoms with Crippen molar-refractivity contribution in [1.82, 2.24) is 25.0 Å². The predicted octanol–water partition coefficient (Wildman–Crippen LogP) is 4.45. The molecule has 11 heteroatoms. The summed E-state index contributed by atoms with van der Waals surface area (Å²) in [5, 5.41) is 4.61. The summed E-state index contributed by atoms with van der Waals surface area (Å²) >= 11 is 6.33. The van der Waals surface area contributed by atoms with E-state index in [-0.39, 0.29) is 30.5 Å². The van der Waals surface area contributed by atoms with Crippen molar-refractivity contribution >= 4 is 40.3 Å². The SMILES string of the molecule is C[C@@H]1N=C(N2CCN(C(=O)C(N)CCCCN3CCCCC3)[C@H](C(=O)NCc3ccc4[nH]cc(Cl)c4c3)C2)O[C@H]1c1ccccc1. The Bertz CT molecular complexity index is 1520. The highest BCUT2D eigenvalue weighted by Crippen LogP contribution is 2.31. The van der Waals surface area contributed by atoms with Gasteiger partial charge >= 0.3 is 0 Å². The lowest BCUT2D eigenvalue weighted by atomic mass is 10.0. The number of amides is 2. The Kier molecular flexibility index (Phi) is 10.5. The van der Waals surface area contributed by atoms with Crippen LogP contribution in [0.4, 0.5) is 0 Å². The zero-order valence-electron chi connectivity index (χ0n) is 26.7. The van der Waals surface area contributed by atoms with Crippen LogP contribution in [0.15, 0.2) is 59.7 Å². The van der Waals surface area contributed by atoms with Crippen LogP contribution in [-0.2, 0) is 20.9 Å². The maximum atomic E-state index is 13.8. The summed E-state index contributed by atoms with van der Waals surface area (Å²) in [6, 6.07) is 15.0. The second kappa shape index (κ2) is 14.9. The number of nitrogens with two attached hydrogens (primary N) is 1. The molecule has 4 N–H and O–H groups in total. The van der Waals surface area contributed by atoms with Crippen LogP contribution in [0.3, 0.4) is 0 Å². The van der Waals surface area contributed by atoms with E-state index in [0.717, 1.165) is 54.5 Å². The summed E-state index contributed by atoms with van der Waals surface area (Å²) in [4.78, 5) is 41.7. The summed E-state index contributed by atoms with van der Waals surface area (Å²) in [6.45, 7) is 6.86. The minimum atomic E-state index is -0.738. The van der Waals surface area contributed by atoms with Gasteiger partial charge in [-0.1, -0.05) is 60.8 Å². The Morgan fingerprint density at radius 1 is 1.09 bits per heavy atom. The van der Waals surface area contributed by atoms with Gasteiger partial charge in [-0.3, -0.25) is 9.59 Å². The van der Waals surface area contributed by atoms with Gasteiger partial charge in [-0.2, -0.15) is 0 Å². The number of nitrogens with one attached hydrogen (secondary N) is 2. The molecule has 4 atom stereocenters. The molecule has 0 bridgehead atoms. The number of hydrogen-bond donors (Lipinski definition) is 3. The van der Waals surface area contributed by atoms with Crippen molar-refractivity contribution in [2.45, 2.75) is 76.2 Å². The molecule has 3 aromatic rings. The van der Waals surface area contributed by atoms with Crippen molar-refractivity contribution in [3.8, 4) is 0 Å². The Balaban J connectivity index is 1.11. The van der Waals surface area contributed by atoms with Gasteiger partial charge in [0.15, 0.2) is 0 Å². The topological polar surface area (TPSA) is 119 Å². The Hall–Kier alpha value is -3.60. The molecule has 6 rings (SSSR count). The fraction of sp³-hybridized carbons (Fsp3) is 0.514. The molecule has 2 aromatic carbocycles. The van der Waals surface area contributed by atoms with E-state index in [0.29, 0.717) is 37.1 Å². The number of carbonyl (C=O) groups excluding carboxylic acids is 2. The summed E-state index contributed by atoms with van der Waals surface area (Å²) in [6.07, 6.45) is 7.92. The molecule has 0 aliphatic carbocycles. The third kappa shape index (κ3) is 7.51. The van der Waals surface area contributed by atoms with E-state index in [4.69, 9.17) is 27.1 Å². The number of piperidine rings is 1. The molecule has 246 valence electrons. The first-order valence-corrected chi connectivity index (χ1v) is 17.1. The lowest BCUT2D eigenvalue weighted by Gasteiger charge is -2.41. The molecular formula is C35H46ClN7O3. The number of halogens is 1. The van der Waals surface area contributed by atoms with Crippen molar-refractivity contribution in [2.75, 3.05) is 39.3 Å². The largest absolute Gasteiger partial charge is 0.455 e. The van der Waals surface area contributed by atoms with Crippen molar-refractivity contribution < 1.29 is 14.3 Å². The van der Waals surface area contributed by atoms with E-state index in [9.17, 15) is 9.59 Å². The number of likely N-dealkylation sites (tertiary alicyclic amines) is 1. The van der Waals surface area contributed by atoms with Gasteiger partial charge in [0.2, 0.25) is 11.8 Å². The van der Waals surface area contributed by atoms with Crippen LogP contribution in [-0.4, -0.2) is 94.9 Å². The molecule has 0 radical (unpaired) electrons. The van der Waals surface area contributed by atoms with Gasteiger partial charge in [0.1, 0.15) is 12.1 Å². The Morgan fingerprint density at radius 2 is 1.89 bits per heavy atom. The van der Waals surface area contributed by atoms with Gasteiger partial charge in [0, 0.05) is 36.7 Å². The number of nitrogens with zero attached hydrogens (tertiary/aromatic N) is 4. The molecule has 0 spiro atoms. The van der Waals surface area contributed by atoms with E-state index in [2.05, 4.69) is 15.2 Å². The van der Waals surface area contributed by atoms with E-state index in [1.165, 1.54) is 19.3 Å². The van der Waals surface area contributed by atoms with Crippen molar-refractivity contribution in [3.05, 3.63) is 70.9 Å². The molecule has 10 nitrogen and oxygen atoms in total. The number of benzene rings is 2. The average Bonchev–Trinajstić information content (AvgIpc) is 3.67. The number of piperazine rings is 1. The monoisotopic (exact) mass is 647 g/mol. The fourth-order valence-corrected chi connectivity index (χ4v) is 7.06. The van der Waals surface area contributed by atoms with Gasteiger partial charge in [-0.15, -0.1) is 0 Å². The van der Waals surface area contributed by atoms with E-state index in [1.54, 1.807) is 11.1 Å². The number of carbonyl (C=O) groups is 2. The molecule has 4 heterocycles. The third-order valence-corrected chi connectivity index (χ3v) is 9.83. The number of aromatic nitrogens is 1. The molecule has 2 amide bonds. The Labute approximate surface area is 276 Å². The molecule has 3 aliphatic rings. The van der Waals surface area contributed by atoms with Crippen molar-refractivity contribution in [1.29, 1.82) is 0 Å². The van der Waals surface area contributed by atoms with Crippen LogP contribution in [0.1, 0.15) is 62.7 Å². The zero-order valence-corrected chi connectivity index (χ0v) is 27.4. The van der Waals surface area contributed by atoms with Gasteiger partial charge in [-0.05, 0) is 75.5 Å². The Morgan fingerprint density at radius 3 is 2.70 bits per heavy atom. The third-order valence-electron chi connectivity index (χ3n) is 9.52. The number of ether oxygens (including phenoxy) is 1. The number of H-pyrrole nitrogens is 1. The van der Waals surface area contributed by atoms with Gasteiger partial charge in [-0.25, -0.2) is 4.99 Å². The molecular weight excluding hydrogens is 602 g/mol. The average molecular weight is 648 g/mol. The number of fused-ring (bicyclic) bond motifs is 1. The maximum absolute atomic E-state index is 13.8. The maximum Gasteiger partial charge on any atom is 0.288 e. The number of amidine groups is 1. The zero-order chi connectivity index (χ0) is 32.0. The summed E-state index contributed by atoms with van der Waals surface area (Å²) in [7, 11) is 0. The number of aromatic amines is 1. The lowest BCUT2D eigenvalue weighted by Crippen LogP contribution is -2.63. The molecule has 1 unspecified atom stereocenters. The second-order valence-electron chi connectivity index (χ2n) is 12.8. The number of rotatable bonds is 10. The second-order valence-corrected chi connectivity index (χ2v) is 13.2. The van der Waals surface area contributed by atoms with Crippen LogP contribution < -0.4 is 11.1 Å². The predicted molar refractivity (Wildman–Crippen MR) is 182 cm³/mol. The first kappa shape index (κ1) is 32.3. The summed E-state index contributed by atoms with van der Waals surface area (Å²) in [5.74, 6) is -0.412. The smallest absolute Gasteiger partial charge is 0.288 e. The first-order valence-electron chi connectivity index (χ1n) is 16.7. The van der Waals surface area contributed by atoms with E-state index >= 15 is 0 Å². The van der Waals surface area contributed by atoms with E-state index < -0.39 is 12.1 Å². The quantitative estimate of drug-likeness (QED) is 0.280. The fourth-order valence-electron chi connectivity index (χ4n) is 6.84. The minimum absolute atomic E-state index is 0.0714. The van der Waals surface area contributed by atoms with Crippen molar-refractivity contribution in [2.24, 2.45) is 10.7 Å². The van der Waals surface area contributed by atoms with E-state index in [1.807, 2.05) is 60.4 Å². The molecule has 3 aliphatic heterocycles. The van der Waals surface area contributed by atoms with Crippen LogP contribution in [0.2, 0.25) is 5.02 Å². The number of unbranched alkanes of at least 4 members (excludes halogenated alkanes) is 1. The lowest BCUT2D eigenvalue weighted by molar-refractivity contribution is -0.144. The van der Waals surface area contributed by atoms with Crippen molar-refractivity contribution in [3.63, 3.8) is 0 Å². The summed E-state index contributed by atoms with van der Waals surface area (Å²) in [5.41, 5.74) is 9.41. The highest BCUT2D eigenvalue weighted by Gasteiger charge is 2.41. The summed E-state index contributed by atoms with van der Waals surface area (Å²) < 4.78 is 6.36. The van der Waals surface area contributed by atoms with Gasteiger partial charge in [0.25, 0.3) is 6.02 Å². The molecule has 0 saturated carbocycles. The number of aliphatic imine (C=N–C) groups is 1. The highest BCUT2D eigenvalue weighted by atomic mass is 35.5. The van der Waals surface area contributed by atoms with Gasteiger partial charge in [0.05, 0.1) is 23.7 Å². The van der Waals surface area contributed by atoms with Crippen LogP contribution in [0, 0.1) is 0 Å². The highest BCUT2D eigenvalue weighted by molar-refractivity contribution is 6.35. The normalized spacial score (nSPS) is 22.8. The van der Waals surface area contributed by atoms with Crippen LogP contribution >= 0.6 is 11.6 Å². The number of hydrogen-bond acceptors (Lipinski definition) is 7. The standard InChI is InChI=1S/C35H46ClN7O3/c1-24-32(26-10-4-2-5-11-26)46-35(40-24)42-18-19-43(34(45)29(37)12-6-9-17-41-15-7-3-8-16-41)31(23-42)33(44)39-21-25-13-14-30-27(20-25)28(36)22-38-30/h2,4-5,10-11,13-14,20,22,24,29,31-32,38H,3,6-9,12,15-19,21,23,37H2,1H3,(H,39,44)/t24-,29?,31-,32+/m0/s1. The molecule has 2 saturated heterocycles. The molecule has 46 heavy (non-hydrogen) atoms. The molecule has 1 aromatic heterocycles. The molecule has 2 fully saturated rings. The van der Waals surface area contributed by atoms with Gasteiger partial charge < -0.3 is 35.5 Å².